The first-order chi connectivity index (χ1) is 19.2. The molecule has 0 spiro atoms. The van der Waals surface area contributed by atoms with E-state index in [0.717, 1.165) is 65.5 Å². The molecule has 0 bridgehead atoms. The zero-order valence-electron chi connectivity index (χ0n) is 21.8. The molecule has 39 heavy (non-hydrogen) atoms. The number of para-hydroxylation sites is 1. The van der Waals surface area contributed by atoms with E-state index in [0.29, 0.717) is 24.3 Å². The molecule has 1 aliphatic carbocycles. The van der Waals surface area contributed by atoms with E-state index in [1.807, 2.05) is 47.1 Å². The van der Waals surface area contributed by atoms with E-state index in [1.54, 1.807) is 0 Å². The predicted molar refractivity (Wildman–Crippen MR) is 158 cm³/mol. The lowest BCUT2D eigenvalue weighted by atomic mass is 10.2. The van der Waals surface area contributed by atoms with Crippen LogP contribution in [0.4, 0.5) is 11.5 Å². The van der Waals surface area contributed by atoms with Crippen molar-refractivity contribution in [2.45, 2.75) is 25.8 Å². The van der Waals surface area contributed by atoms with Crippen molar-refractivity contribution in [2.24, 2.45) is 9.74 Å². The van der Waals surface area contributed by atoms with Crippen molar-refractivity contribution >= 4 is 41.6 Å². The lowest BCUT2D eigenvalue weighted by Crippen LogP contribution is -2.47. The number of morpholine rings is 1. The highest BCUT2D eigenvalue weighted by atomic mass is 35.5. The van der Waals surface area contributed by atoms with E-state index in [4.69, 9.17) is 31.2 Å². The van der Waals surface area contributed by atoms with Gasteiger partial charge in [0.2, 0.25) is 0 Å². The summed E-state index contributed by atoms with van der Waals surface area (Å²) in [7, 11) is -2.65. The summed E-state index contributed by atoms with van der Waals surface area (Å²) in [6.45, 7) is 4.99. The number of hydrogen-bond acceptors (Lipinski definition) is 4. The van der Waals surface area contributed by atoms with Crippen LogP contribution in [-0.2, 0) is 4.74 Å². The van der Waals surface area contributed by atoms with Crippen LogP contribution in [0.5, 0.6) is 0 Å². The van der Waals surface area contributed by atoms with Gasteiger partial charge in [-0.15, -0.1) is 0 Å². The minimum atomic E-state index is -2.65. The van der Waals surface area contributed by atoms with Crippen LogP contribution >= 0.6 is 19.0 Å². The first kappa shape index (κ1) is 24.8. The van der Waals surface area contributed by atoms with E-state index < -0.39 is 7.36 Å². The maximum Gasteiger partial charge on any atom is 0.170 e. The van der Waals surface area contributed by atoms with Crippen molar-refractivity contribution in [1.82, 2.24) is 19.1 Å². The summed E-state index contributed by atoms with van der Waals surface area (Å²) in [5.74, 6) is 1.81. The third kappa shape index (κ3) is 4.25. The van der Waals surface area contributed by atoms with Gasteiger partial charge in [-0.1, -0.05) is 72.3 Å². The van der Waals surface area contributed by atoms with Gasteiger partial charge in [-0.3, -0.25) is 0 Å². The van der Waals surface area contributed by atoms with E-state index in [1.165, 1.54) is 0 Å². The monoisotopic (exact) mass is 556 g/mol. The van der Waals surface area contributed by atoms with Crippen molar-refractivity contribution in [2.75, 3.05) is 26.3 Å². The topological polar surface area (TPSA) is 58.3 Å². The highest BCUT2D eigenvalue weighted by Crippen LogP contribution is 2.65. The van der Waals surface area contributed by atoms with E-state index >= 15 is 0 Å². The fourth-order valence-corrected chi connectivity index (χ4v) is 10.1. The fourth-order valence-electron chi connectivity index (χ4n) is 5.56. The highest BCUT2D eigenvalue weighted by molar-refractivity contribution is 7.70. The molecule has 7 rings (SSSR count). The van der Waals surface area contributed by atoms with Crippen LogP contribution < -0.4 is 5.30 Å². The zero-order chi connectivity index (χ0) is 26.4. The molecule has 1 saturated heterocycles. The van der Waals surface area contributed by atoms with Gasteiger partial charge in [-0.05, 0) is 44.0 Å². The number of amidine groups is 1. The van der Waals surface area contributed by atoms with Gasteiger partial charge in [-0.25, -0.2) is 19.1 Å². The third-order valence-corrected chi connectivity index (χ3v) is 11.7. The van der Waals surface area contributed by atoms with Crippen LogP contribution in [0, 0.1) is 6.92 Å². The summed E-state index contributed by atoms with van der Waals surface area (Å²) in [6, 6.07) is 29.1. The van der Waals surface area contributed by atoms with Crippen LogP contribution in [0.15, 0.2) is 94.7 Å². The SMILES string of the molecule is Cc1nn(-c2ccccc2)c2c1[P@@](=Nc1ccccc1Cl)(N1CCOCC1)N(C1CC1)C(c1ccccc1)=N2. The van der Waals surface area contributed by atoms with Crippen molar-refractivity contribution in [3.8, 4) is 5.69 Å². The maximum atomic E-state index is 6.82. The summed E-state index contributed by atoms with van der Waals surface area (Å²) in [5.41, 5.74) is 3.82. The molecule has 3 heterocycles. The van der Waals surface area contributed by atoms with Gasteiger partial charge < -0.3 is 9.41 Å². The Balaban J connectivity index is 1.61. The molecule has 2 fully saturated rings. The molecule has 1 atom stereocenters. The molecule has 2 aliphatic heterocycles. The Morgan fingerprint density at radius 2 is 1.56 bits per heavy atom. The molecule has 0 N–H and O–H groups in total. The molecule has 0 amide bonds. The molecule has 0 unspecified atom stereocenters. The molecule has 9 heteroatoms. The highest BCUT2D eigenvalue weighted by Gasteiger charge is 2.51. The molecule has 3 aliphatic rings. The fraction of sp³-hybridized carbons (Fsp3) is 0.267. The van der Waals surface area contributed by atoms with Gasteiger partial charge >= 0.3 is 0 Å². The molecular formula is C30H30ClN6OP. The Hall–Kier alpha value is -3.22. The van der Waals surface area contributed by atoms with Gasteiger partial charge in [0.05, 0.1) is 40.6 Å². The number of fused-ring (bicyclic) bond motifs is 1. The summed E-state index contributed by atoms with van der Waals surface area (Å²) < 4.78 is 18.7. The van der Waals surface area contributed by atoms with E-state index in [-0.39, 0.29) is 0 Å². The van der Waals surface area contributed by atoms with Crippen LogP contribution in [0.2, 0.25) is 5.02 Å². The zero-order valence-corrected chi connectivity index (χ0v) is 23.5. The number of rotatable bonds is 5. The molecule has 1 aromatic heterocycles. The van der Waals surface area contributed by atoms with Crippen LogP contribution in [0.1, 0.15) is 24.1 Å². The second-order valence-electron chi connectivity index (χ2n) is 10.1. The van der Waals surface area contributed by atoms with Gasteiger partial charge in [0.15, 0.2) is 13.2 Å². The molecule has 198 valence electrons. The first-order valence-electron chi connectivity index (χ1n) is 13.5. The van der Waals surface area contributed by atoms with Crippen LogP contribution in [-0.4, -0.2) is 57.3 Å². The lowest BCUT2D eigenvalue weighted by Gasteiger charge is -2.48. The van der Waals surface area contributed by atoms with Crippen LogP contribution in [0.25, 0.3) is 5.69 Å². The smallest absolute Gasteiger partial charge is 0.170 e. The number of benzene rings is 3. The van der Waals surface area contributed by atoms with Gasteiger partial charge in [0.1, 0.15) is 5.84 Å². The largest absolute Gasteiger partial charge is 0.379 e. The first-order valence-corrected chi connectivity index (χ1v) is 15.5. The minimum absolute atomic E-state index is 0.346. The average Bonchev–Trinajstić information content (AvgIpc) is 3.77. The summed E-state index contributed by atoms with van der Waals surface area (Å²) >= 11 is 6.82. The second kappa shape index (κ2) is 10.1. The Morgan fingerprint density at radius 1 is 0.897 bits per heavy atom. The number of ether oxygens (including phenoxy) is 1. The molecule has 7 nitrogen and oxygen atoms in total. The number of aromatic nitrogens is 2. The Morgan fingerprint density at radius 3 is 2.26 bits per heavy atom. The third-order valence-electron chi connectivity index (χ3n) is 7.44. The van der Waals surface area contributed by atoms with Gasteiger partial charge in [-0.2, -0.15) is 5.10 Å². The van der Waals surface area contributed by atoms with E-state index in [9.17, 15) is 0 Å². The molecule has 0 radical (unpaired) electrons. The Bertz CT molecular complexity index is 1590. The number of halogens is 1. The molecule has 3 aromatic carbocycles. The number of aliphatic imine (C=N–C) groups is 1. The van der Waals surface area contributed by atoms with Crippen molar-refractivity contribution in [3.05, 3.63) is 101 Å². The Labute approximate surface area is 233 Å². The summed E-state index contributed by atoms with van der Waals surface area (Å²) in [4.78, 5) is 5.43. The molecule has 1 saturated carbocycles. The van der Waals surface area contributed by atoms with Crippen molar-refractivity contribution < 1.29 is 4.74 Å². The summed E-state index contributed by atoms with van der Waals surface area (Å²) in [6.07, 6.45) is 2.22. The second-order valence-corrected chi connectivity index (χ2v) is 13.3. The quantitative estimate of drug-likeness (QED) is 0.256. The van der Waals surface area contributed by atoms with Crippen molar-refractivity contribution in [1.29, 1.82) is 0 Å². The van der Waals surface area contributed by atoms with E-state index in [2.05, 4.69) is 58.7 Å². The normalized spacial score (nSPS) is 21.4. The number of aryl methyl sites for hydroxylation is 1. The standard InChI is InChI=1S/C30H30ClN6OP/c1-22-28-30(36(33-22)24-12-6-3-7-13-24)32-29(23-10-4-2-5-11-23)37(25-16-17-25)39(28,35-18-20-38-21-19-35)34-27-15-9-8-14-26(27)31/h2-15,25H,16-21H2,1H3/t39-/m1/s1. The molecule has 4 aromatic rings. The van der Waals surface area contributed by atoms with Gasteiger partial charge in [0, 0.05) is 24.7 Å². The lowest BCUT2D eigenvalue weighted by molar-refractivity contribution is 0.0729. The average molecular weight is 557 g/mol. The molecular weight excluding hydrogens is 527 g/mol. The van der Waals surface area contributed by atoms with Gasteiger partial charge in [0.25, 0.3) is 0 Å². The predicted octanol–water partition coefficient (Wildman–Crippen LogP) is 6.71. The number of hydrogen-bond donors (Lipinski definition) is 0. The number of nitrogens with zero attached hydrogens (tertiary/aromatic N) is 6. The Kier molecular flexibility index (Phi) is 6.40. The minimum Gasteiger partial charge on any atom is -0.379 e. The summed E-state index contributed by atoms with van der Waals surface area (Å²) in [5, 5.41) is 6.88. The van der Waals surface area contributed by atoms with Crippen molar-refractivity contribution in [3.63, 3.8) is 0 Å². The maximum absolute atomic E-state index is 6.82. The van der Waals surface area contributed by atoms with Crippen LogP contribution in [0.3, 0.4) is 0 Å².